The number of carboxylic acids is 1. The molecule has 0 aliphatic rings. The Morgan fingerprint density at radius 3 is 2.79 bits per heavy atom. The van der Waals surface area contributed by atoms with E-state index in [9.17, 15) is 9.59 Å². The Labute approximate surface area is 116 Å². The molecule has 0 bridgehead atoms. The summed E-state index contributed by atoms with van der Waals surface area (Å²) in [6, 6.07) is 6.84. The maximum absolute atomic E-state index is 11.7. The molecule has 0 spiro atoms. The Morgan fingerprint density at radius 1 is 1.47 bits per heavy atom. The standard InChI is InChI=1S/C13H14ClNO4/c1-2-6-19-13(18)15(9-12(16)17)8-10-4-3-5-11(14)7-10/h2-5,7H,1,6,8-9H2,(H,16,17). The molecule has 0 atom stereocenters. The molecule has 0 radical (unpaired) electrons. The number of halogens is 1. The van der Waals surface area contributed by atoms with E-state index in [1.54, 1.807) is 24.3 Å². The van der Waals surface area contributed by atoms with E-state index in [1.807, 2.05) is 0 Å². The quantitative estimate of drug-likeness (QED) is 0.815. The maximum Gasteiger partial charge on any atom is 0.410 e. The van der Waals surface area contributed by atoms with Crippen LogP contribution in [0.4, 0.5) is 4.79 Å². The molecule has 0 aliphatic heterocycles. The van der Waals surface area contributed by atoms with E-state index in [0.717, 1.165) is 10.5 Å². The van der Waals surface area contributed by atoms with Gasteiger partial charge in [0.25, 0.3) is 0 Å². The third-order valence-corrected chi connectivity index (χ3v) is 2.41. The fourth-order valence-corrected chi connectivity index (χ4v) is 1.64. The van der Waals surface area contributed by atoms with Crippen LogP contribution < -0.4 is 0 Å². The third kappa shape index (κ3) is 5.44. The van der Waals surface area contributed by atoms with Gasteiger partial charge in [0.2, 0.25) is 0 Å². The summed E-state index contributed by atoms with van der Waals surface area (Å²) in [6.45, 7) is 3.12. The number of carbonyl (C=O) groups is 2. The van der Waals surface area contributed by atoms with Crippen LogP contribution in [0.3, 0.4) is 0 Å². The predicted octanol–water partition coefficient (Wildman–Crippen LogP) is 2.55. The monoisotopic (exact) mass is 283 g/mol. The number of hydrogen-bond donors (Lipinski definition) is 1. The zero-order chi connectivity index (χ0) is 14.3. The minimum Gasteiger partial charge on any atom is -0.480 e. The van der Waals surface area contributed by atoms with E-state index in [4.69, 9.17) is 21.4 Å². The molecule has 102 valence electrons. The number of carboxylic acid groups (broad SMARTS) is 1. The van der Waals surface area contributed by atoms with Crippen molar-refractivity contribution in [3.63, 3.8) is 0 Å². The highest BCUT2D eigenvalue weighted by Crippen LogP contribution is 2.13. The Morgan fingerprint density at radius 2 is 2.21 bits per heavy atom. The van der Waals surface area contributed by atoms with Crippen molar-refractivity contribution in [3.05, 3.63) is 47.5 Å². The highest BCUT2D eigenvalue weighted by atomic mass is 35.5. The largest absolute Gasteiger partial charge is 0.480 e. The van der Waals surface area contributed by atoms with Gasteiger partial charge in [-0.1, -0.05) is 36.4 Å². The van der Waals surface area contributed by atoms with Crippen molar-refractivity contribution in [2.45, 2.75) is 6.54 Å². The van der Waals surface area contributed by atoms with Crippen molar-refractivity contribution in [1.82, 2.24) is 4.90 Å². The van der Waals surface area contributed by atoms with E-state index >= 15 is 0 Å². The number of hydrogen-bond acceptors (Lipinski definition) is 3. The fourth-order valence-electron chi connectivity index (χ4n) is 1.43. The summed E-state index contributed by atoms with van der Waals surface area (Å²) in [5.41, 5.74) is 0.726. The third-order valence-electron chi connectivity index (χ3n) is 2.17. The lowest BCUT2D eigenvalue weighted by Gasteiger charge is -2.20. The van der Waals surface area contributed by atoms with Crippen LogP contribution >= 0.6 is 11.6 Å². The lowest BCUT2D eigenvalue weighted by Crippen LogP contribution is -2.35. The molecular weight excluding hydrogens is 270 g/mol. The average Bonchev–Trinajstić information content (AvgIpc) is 2.34. The van der Waals surface area contributed by atoms with Crippen LogP contribution in [0.15, 0.2) is 36.9 Å². The number of benzene rings is 1. The minimum absolute atomic E-state index is 0.0322. The number of rotatable bonds is 6. The summed E-state index contributed by atoms with van der Waals surface area (Å²) in [7, 11) is 0. The van der Waals surface area contributed by atoms with E-state index < -0.39 is 18.6 Å². The first kappa shape index (κ1) is 15.0. The zero-order valence-corrected chi connectivity index (χ0v) is 11.0. The van der Waals surface area contributed by atoms with Crippen LogP contribution in [-0.2, 0) is 16.1 Å². The van der Waals surface area contributed by atoms with E-state index in [0.29, 0.717) is 5.02 Å². The number of nitrogens with zero attached hydrogens (tertiary/aromatic N) is 1. The number of ether oxygens (including phenoxy) is 1. The summed E-state index contributed by atoms with van der Waals surface area (Å²) in [5, 5.41) is 9.32. The van der Waals surface area contributed by atoms with Crippen LogP contribution in [0, 0.1) is 0 Å². The van der Waals surface area contributed by atoms with Crippen molar-refractivity contribution in [3.8, 4) is 0 Å². The van der Waals surface area contributed by atoms with Gasteiger partial charge in [-0.2, -0.15) is 0 Å². The molecule has 0 heterocycles. The van der Waals surface area contributed by atoms with Crippen molar-refractivity contribution in [2.75, 3.05) is 13.2 Å². The number of carbonyl (C=O) groups excluding carboxylic acids is 1. The molecule has 1 rings (SSSR count). The SMILES string of the molecule is C=CCOC(=O)N(CC(=O)O)Cc1cccc(Cl)c1. The lowest BCUT2D eigenvalue weighted by molar-refractivity contribution is -0.138. The second kappa shape index (κ2) is 7.43. The molecule has 0 aromatic heterocycles. The fraction of sp³-hybridized carbons (Fsp3) is 0.231. The molecule has 1 aromatic carbocycles. The smallest absolute Gasteiger partial charge is 0.410 e. The van der Waals surface area contributed by atoms with Gasteiger partial charge in [-0.3, -0.25) is 9.69 Å². The summed E-state index contributed by atoms with van der Waals surface area (Å²) in [5.74, 6) is -1.11. The van der Waals surface area contributed by atoms with Crippen LogP contribution in [0.2, 0.25) is 5.02 Å². The molecule has 0 saturated carbocycles. The molecule has 0 saturated heterocycles. The van der Waals surface area contributed by atoms with Gasteiger partial charge in [0.15, 0.2) is 0 Å². The second-order valence-corrected chi connectivity index (χ2v) is 4.18. The van der Waals surface area contributed by atoms with Crippen LogP contribution in [0.5, 0.6) is 0 Å². The Hall–Kier alpha value is -2.01. The molecule has 0 fully saturated rings. The molecule has 6 heteroatoms. The summed E-state index contributed by atoms with van der Waals surface area (Å²) >= 11 is 5.83. The zero-order valence-electron chi connectivity index (χ0n) is 10.2. The molecule has 5 nitrogen and oxygen atoms in total. The Bertz CT molecular complexity index is 475. The van der Waals surface area contributed by atoms with Gasteiger partial charge in [0.05, 0.1) is 0 Å². The summed E-state index contributed by atoms with van der Waals surface area (Å²) < 4.78 is 4.83. The van der Waals surface area contributed by atoms with Gasteiger partial charge < -0.3 is 9.84 Å². The van der Waals surface area contributed by atoms with Gasteiger partial charge in [-0.15, -0.1) is 0 Å². The second-order valence-electron chi connectivity index (χ2n) is 3.75. The van der Waals surface area contributed by atoms with Crippen molar-refractivity contribution >= 4 is 23.7 Å². The highest BCUT2D eigenvalue weighted by Gasteiger charge is 2.18. The van der Waals surface area contributed by atoms with Gasteiger partial charge >= 0.3 is 12.1 Å². The normalized spacial score (nSPS) is 9.74. The minimum atomic E-state index is -1.11. The van der Waals surface area contributed by atoms with E-state index in [-0.39, 0.29) is 13.2 Å². The van der Waals surface area contributed by atoms with Gasteiger partial charge in [-0.05, 0) is 17.7 Å². The molecule has 19 heavy (non-hydrogen) atoms. The highest BCUT2D eigenvalue weighted by molar-refractivity contribution is 6.30. The van der Waals surface area contributed by atoms with Crippen molar-refractivity contribution in [2.24, 2.45) is 0 Å². The van der Waals surface area contributed by atoms with Crippen LogP contribution in [0.25, 0.3) is 0 Å². The average molecular weight is 284 g/mol. The predicted molar refractivity (Wildman–Crippen MR) is 71.0 cm³/mol. The van der Waals surface area contributed by atoms with Gasteiger partial charge in [0.1, 0.15) is 13.2 Å². The molecule has 0 aliphatic carbocycles. The lowest BCUT2D eigenvalue weighted by atomic mass is 10.2. The topological polar surface area (TPSA) is 66.8 Å². The first-order chi connectivity index (χ1) is 9.02. The van der Waals surface area contributed by atoms with E-state index in [1.165, 1.54) is 6.08 Å². The Kier molecular flexibility index (Phi) is 5.89. The first-order valence-electron chi connectivity index (χ1n) is 5.51. The molecule has 0 unspecified atom stereocenters. The summed E-state index contributed by atoms with van der Waals surface area (Å²) in [4.78, 5) is 23.5. The Balaban J connectivity index is 2.76. The van der Waals surface area contributed by atoms with Crippen LogP contribution in [0.1, 0.15) is 5.56 Å². The molecular formula is C13H14ClNO4. The van der Waals surface area contributed by atoms with Crippen molar-refractivity contribution in [1.29, 1.82) is 0 Å². The number of aliphatic carboxylic acids is 1. The molecule has 1 aromatic rings. The van der Waals surface area contributed by atoms with E-state index in [2.05, 4.69) is 6.58 Å². The molecule has 1 N–H and O–H groups in total. The summed E-state index contributed by atoms with van der Waals surface area (Å²) in [6.07, 6.45) is 0.707. The van der Waals surface area contributed by atoms with Crippen LogP contribution in [-0.4, -0.2) is 35.2 Å². The molecule has 1 amide bonds. The van der Waals surface area contributed by atoms with Gasteiger partial charge in [-0.25, -0.2) is 4.79 Å². The van der Waals surface area contributed by atoms with Gasteiger partial charge in [0, 0.05) is 11.6 Å². The first-order valence-corrected chi connectivity index (χ1v) is 5.89. The number of amides is 1. The van der Waals surface area contributed by atoms with Crippen molar-refractivity contribution < 1.29 is 19.4 Å². The maximum atomic E-state index is 11.7.